The van der Waals surface area contributed by atoms with Gasteiger partial charge in [0.15, 0.2) is 0 Å². The highest BCUT2D eigenvalue weighted by Crippen LogP contribution is 2.01. The van der Waals surface area contributed by atoms with Gasteiger partial charge in [-0.1, -0.05) is 19.9 Å². The molecule has 0 aliphatic heterocycles. The maximum atomic E-state index is 5.38. The minimum atomic E-state index is 0.507. The smallest absolute Gasteiger partial charge is 0.213 e. The molecule has 3 heteroatoms. The molecule has 0 spiro atoms. The number of aromatic nitrogens is 1. The van der Waals surface area contributed by atoms with Crippen molar-refractivity contribution in [1.82, 2.24) is 10.3 Å². The van der Waals surface area contributed by atoms with E-state index in [1.807, 2.05) is 18.2 Å². The Hall–Kier alpha value is -1.09. The molecule has 1 aromatic rings. The molecule has 1 N–H and O–H groups in total. The minimum Gasteiger partial charge on any atom is -0.476 e. The largest absolute Gasteiger partial charge is 0.476 e. The summed E-state index contributed by atoms with van der Waals surface area (Å²) in [5.41, 5.74) is 0. The Morgan fingerprint density at radius 2 is 2.31 bits per heavy atom. The molecule has 0 bridgehead atoms. The molecule has 0 aliphatic carbocycles. The van der Waals surface area contributed by atoms with Crippen LogP contribution in [-0.2, 0) is 0 Å². The van der Waals surface area contributed by atoms with Gasteiger partial charge in [0.05, 0.1) is 0 Å². The standard InChI is InChI=1S/C10H16N2O/c1-9(2)11-7-8-13-10-5-3-4-6-12-10/h3-6,9,11H,7-8H2,1-2H3. The fourth-order valence-electron chi connectivity index (χ4n) is 0.936. The van der Waals surface area contributed by atoms with E-state index in [1.54, 1.807) is 6.20 Å². The van der Waals surface area contributed by atoms with Crippen molar-refractivity contribution in [2.45, 2.75) is 19.9 Å². The molecule has 0 amide bonds. The van der Waals surface area contributed by atoms with Crippen LogP contribution in [0.1, 0.15) is 13.8 Å². The van der Waals surface area contributed by atoms with Crippen molar-refractivity contribution in [1.29, 1.82) is 0 Å². The second kappa shape index (κ2) is 5.54. The second-order valence-electron chi connectivity index (χ2n) is 3.13. The van der Waals surface area contributed by atoms with Crippen molar-refractivity contribution < 1.29 is 4.74 Å². The lowest BCUT2D eigenvalue weighted by atomic mass is 10.4. The first-order chi connectivity index (χ1) is 6.29. The number of hydrogen-bond acceptors (Lipinski definition) is 3. The summed E-state index contributed by atoms with van der Waals surface area (Å²) in [6.07, 6.45) is 1.73. The Labute approximate surface area is 79.1 Å². The van der Waals surface area contributed by atoms with E-state index >= 15 is 0 Å². The van der Waals surface area contributed by atoms with E-state index in [9.17, 15) is 0 Å². The number of pyridine rings is 1. The summed E-state index contributed by atoms with van der Waals surface area (Å²) >= 11 is 0. The Kier molecular flexibility index (Phi) is 4.26. The first-order valence-electron chi connectivity index (χ1n) is 4.56. The quantitative estimate of drug-likeness (QED) is 0.696. The number of ether oxygens (including phenoxy) is 1. The van der Waals surface area contributed by atoms with Crippen LogP contribution in [0.15, 0.2) is 24.4 Å². The Bertz CT molecular complexity index is 224. The third kappa shape index (κ3) is 4.48. The molecular formula is C10H16N2O. The minimum absolute atomic E-state index is 0.507. The summed E-state index contributed by atoms with van der Waals surface area (Å²) in [4.78, 5) is 4.05. The van der Waals surface area contributed by atoms with E-state index in [2.05, 4.69) is 24.1 Å². The summed E-state index contributed by atoms with van der Waals surface area (Å²) in [6, 6.07) is 6.15. The van der Waals surface area contributed by atoms with E-state index in [-0.39, 0.29) is 0 Å². The Morgan fingerprint density at radius 1 is 1.46 bits per heavy atom. The molecule has 0 saturated heterocycles. The lowest BCUT2D eigenvalue weighted by Gasteiger charge is -2.08. The molecule has 1 aromatic heterocycles. The summed E-state index contributed by atoms with van der Waals surface area (Å²) in [5.74, 6) is 0.688. The van der Waals surface area contributed by atoms with Crippen LogP contribution in [0.25, 0.3) is 0 Å². The van der Waals surface area contributed by atoms with Gasteiger partial charge in [-0.15, -0.1) is 0 Å². The van der Waals surface area contributed by atoms with Crippen molar-refractivity contribution >= 4 is 0 Å². The number of hydrogen-bond donors (Lipinski definition) is 1. The van der Waals surface area contributed by atoms with Crippen LogP contribution >= 0.6 is 0 Å². The molecule has 13 heavy (non-hydrogen) atoms. The predicted molar refractivity (Wildman–Crippen MR) is 52.9 cm³/mol. The van der Waals surface area contributed by atoms with Crippen LogP contribution in [-0.4, -0.2) is 24.2 Å². The first-order valence-corrected chi connectivity index (χ1v) is 4.56. The zero-order chi connectivity index (χ0) is 9.52. The molecule has 0 aliphatic rings. The van der Waals surface area contributed by atoms with Gasteiger partial charge in [0, 0.05) is 24.8 Å². The maximum absolute atomic E-state index is 5.38. The summed E-state index contributed by atoms with van der Waals surface area (Å²) < 4.78 is 5.38. The molecule has 0 atom stereocenters. The van der Waals surface area contributed by atoms with Crippen molar-refractivity contribution in [3.05, 3.63) is 24.4 Å². The molecule has 1 rings (SSSR count). The topological polar surface area (TPSA) is 34.1 Å². The van der Waals surface area contributed by atoms with Gasteiger partial charge in [-0.2, -0.15) is 0 Å². The van der Waals surface area contributed by atoms with Crippen LogP contribution in [0.3, 0.4) is 0 Å². The molecular weight excluding hydrogens is 164 g/mol. The first kappa shape index (κ1) is 9.99. The molecule has 1 heterocycles. The third-order valence-corrected chi connectivity index (χ3v) is 1.54. The van der Waals surface area contributed by atoms with Gasteiger partial charge >= 0.3 is 0 Å². The van der Waals surface area contributed by atoms with Crippen molar-refractivity contribution in [2.24, 2.45) is 0 Å². The predicted octanol–water partition coefficient (Wildman–Crippen LogP) is 1.46. The molecule has 3 nitrogen and oxygen atoms in total. The molecule has 0 saturated carbocycles. The van der Waals surface area contributed by atoms with Crippen molar-refractivity contribution in [3.63, 3.8) is 0 Å². The zero-order valence-corrected chi connectivity index (χ0v) is 8.16. The average molecular weight is 180 g/mol. The van der Waals surface area contributed by atoms with E-state index in [0.717, 1.165) is 6.54 Å². The molecule has 0 radical (unpaired) electrons. The molecule has 0 aromatic carbocycles. The van der Waals surface area contributed by atoms with Gasteiger partial charge in [-0.3, -0.25) is 0 Å². The number of rotatable bonds is 5. The fraction of sp³-hybridized carbons (Fsp3) is 0.500. The highest BCUT2D eigenvalue weighted by atomic mass is 16.5. The zero-order valence-electron chi connectivity index (χ0n) is 8.16. The van der Waals surface area contributed by atoms with Crippen LogP contribution in [0.4, 0.5) is 0 Å². The number of nitrogens with zero attached hydrogens (tertiary/aromatic N) is 1. The SMILES string of the molecule is CC(C)NCCOc1ccccn1. The highest BCUT2D eigenvalue weighted by molar-refractivity contribution is 5.08. The summed E-state index contributed by atoms with van der Waals surface area (Å²) in [6.45, 7) is 5.74. The summed E-state index contributed by atoms with van der Waals surface area (Å²) in [5, 5.41) is 3.26. The fourth-order valence-corrected chi connectivity index (χ4v) is 0.936. The van der Waals surface area contributed by atoms with Gasteiger partial charge < -0.3 is 10.1 Å². The van der Waals surface area contributed by atoms with E-state index in [1.165, 1.54) is 0 Å². The van der Waals surface area contributed by atoms with E-state index in [0.29, 0.717) is 18.5 Å². The van der Waals surface area contributed by atoms with Gasteiger partial charge in [0.2, 0.25) is 5.88 Å². The third-order valence-electron chi connectivity index (χ3n) is 1.54. The van der Waals surface area contributed by atoms with Crippen LogP contribution in [0.5, 0.6) is 5.88 Å². The van der Waals surface area contributed by atoms with E-state index < -0.39 is 0 Å². The van der Waals surface area contributed by atoms with Gasteiger partial charge in [-0.25, -0.2) is 4.98 Å². The highest BCUT2D eigenvalue weighted by Gasteiger charge is 1.93. The van der Waals surface area contributed by atoms with Crippen molar-refractivity contribution in [3.8, 4) is 5.88 Å². The van der Waals surface area contributed by atoms with Gasteiger partial charge in [0.1, 0.15) is 6.61 Å². The lowest BCUT2D eigenvalue weighted by molar-refractivity contribution is 0.298. The number of nitrogens with one attached hydrogen (secondary N) is 1. The lowest BCUT2D eigenvalue weighted by Crippen LogP contribution is -2.27. The normalized spacial score (nSPS) is 10.4. The monoisotopic (exact) mass is 180 g/mol. The second-order valence-corrected chi connectivity index (χ2v) is 3.13. The van der Waals surface area contributed by atoms with Crippen LogP contribution in [0.2, 0.25) is 0 Å². The molecule has 0 fully saturated rings. The molecule has 72 valence electrons. The molecule has 0 unspecified atom stereocenters. The average Bonchev–Trinajstić information content (AvgIpc) is 2.14. The Morgan fingerprint density at radius 3 is 2.92 bits per heavy atom. The van der Waals surface area contributed by atoms with Crippen molar-refractivity contribution in [2.75, 3.05) is 13.2 Å². The van der Waals surface area contributed by atoms with Gasteiger partial charge in [0.25, 0.3) is 0 Å². The van der Waals surface area contributed by atoms with Gasteiger partial charge in [-0.05, 0) is 6.07 Å². The summed E-state index contributed by atoms with van der Waals surface area (Å²) in [7, 11) is 0. The van der Waals surface area contributed by atoms with Crippen LogP contribution in [0, 0.1) is 0 Å². The Balaban J connectivity index is 2.13. The van der Waals surface area contributed by atoms with Crippen LogP contribution < -0.4 is 10.1 Å². The van der Waals surface area contributed by atoms with E-state index in [4.69, 9.17) is 4.74 Å². The maximum Gasteiger partial charge on any atom is 0.213 e.